The highest BCUT2D eigenvalue weighted by Gasteiger charge is 2.07. The second-order valence-corrected chi connectivity index (χ2v) is 4.39. The third-order valence-electron chi connectivity index (χ3n) is 2.61. The Kier molecular flexibility index (Phi) is 4.16. The smallest absolute Gasteiger partial charge is 0.143 e. The van der Waals surface area contributed by atoms with Gasteiger partial charge in [-0.3, -0.25) is 0 Å². The Hall–Kier alpha value is -1.88. The molecule has 0 aliphatic rings. The Morgan fingerprint density at radius 2 is 2.00 bits per heavy atom. The van der Waals surface area contributed by atoms with E-state index < -0.39 is 5.82 Å². The molecule has 0 saturated carbocycles. The molecule has 0 bridgehead atoms. The molecule has 0 atom stereocenters. The molecule has 0 unspecified atom stereocenters. The molecule has 0 amide bonds. The first-order chi connectivity index (χ1) is 9.11. The van der Waals surface area contributed by atoms with Crippen molar-refractivity contribution in [2.45, 2.75) is 13.8 Å². The third-order valence-corrected chi connectivity index (χ3v) is 2.92. The maximum Gasteiger partial charge on any atom is 0.143 e. The van der Waals surface area contributed by atoms with Crippen molar-refractivity contribution in [3.63, 3.8) is 0 Å². The summed E-state index contributed by atoms with van der Waals surface area (Å²) in [4.78, 5) is 8.30. The molecule has 1 aromatic carbocycles. The van der Waals surface area contributed by atoms with Crippen LogP contribution >= 0.6 is 11.6 Å². The lowest BCUT2D eigenvalue weighted by Gasteiger charge is -2.12. The molecule has 0 saturated heterocycles. The van der Waals surface area contributed by atoms with Crippen molar-refractivity contribution in [2.24, 2.45) is 0 Å². The fourth-order valence-electron chi connectivity index (χ4n) is 1.63. The summed E-state index contributed by atoms with van der Waals surface area (Å²) in [5, 5.41) is 6.28. The number of nitrogens with one attached hydrogen (secondary N) is 2. The quantitative estimate of drug-likeness (QED) is 0.895. The highest BCUT2D eigenvalue weighted by atomic mass is 35.5. The van der Waals surface area contributed by atoms with E-state index in [4.69, 9.17) is 11.6 Å². The van der Waals surface area contributed by atoms with E-state index in [0.29, 0.717) is 11.5 Å². The van der Waals surface area contributed by atoms with Crippen LogP contribution in [0.2, 0.25) is 5.02 Å². The van der Waals surface area contributed by atoms with E-state index in [2.05, 4.69) is 20.6 Å². The van der Waals surface area contributed by atoms with Crippen LogP contribution in [0.15, 0.2) is 24.5 Å². The number of hydrogen-bond acceptors (Lipinski definition) is 4. The van der Waals surface area contributed by atoms with E-state index in [-0.39, 0.29) is 5.02 Å². The largest absolute Gasteiger partial charge is 0.370 e. The number of rotatable bonds is 4. The zero-order chi connectivity index (χ0) is 13.8. The van der Waals surface area contributed by atoms with E-state index in [1.807, 2.05) is 13.8 Å². The number of nitrogens with zero attached hydrogens (tertiary/aromatic N) is 2. The van der Waals surface area contributed by atoms with Crippen molar-refractivity contribution in [3.8, 4) is 0 Å². The molecule has 0 fully saturated rings. The minimum atomic E-state index is -0.467. The molecule has 2 aromatic rings. The van der Waals surface area contributed by atoms with Crippen LogP contribution in [0.25, 0.3) is 0 Å². The van der Waals surface area contributed by atoms with Crippen LogP contribution in [0.4, 0.5) is 21.7 Å². The molecule has 0 aliphatic heterocycles. The van der Waals surface area contributed by atoms with Crippen LogP contribution < -0.4 is 10.6 Å². The average Bonchev–Trinajstić information content (AvgIpc) is 2.39. The van der Waals surface area contributed by atoms with Crippen LogP contribution in [-0.2, 0) is 0 Å². The van der Waals surface area contributed by atoms with Crippen molar-refractivity contribution < 1.29 is 4.39 Å². The minimum absolute atomic E-state index is 0.0956. The molecule has 0 spiro atoms. The summed E-state index contributed by atoms with van der Waals surface area (Å²) in [6, 6.07) is 4.53. The van der Waals surface area contributed by atoms with Gasteiger partial charge in [0.15, 0.2) is 0 Å². The van der Waals surface area contributed by atoms with Crippen LogP contribution in [-0.4, -0.2) is 16.5 Å². The summed E-state index contributed by atoms with van der Waals surface area (Å²) in [5.74, 6) is 0.924. The first-order valence-corrected chi connectivity index (χ1v) is 6.27. The Morgan fingerprint density at radius 1 is 1.26 bits per heavy atom. The van der Waals surface area contributed by atoms with Gasteiger partial charge in [-0.05, 0) is 32.0 Å². The SMILES string of the molecule is CCNc1ncnc(Nc2ccc(Cl)c(F)c2)c1C. The second kappa shape index (κ2) is 5.84. The standard InChI is InChI=1S/C13H14ClFN4/c1-3-16-12-8(2)13(18-7-17-12)19-9-4-5-10(14)11(15)6-9/h4-7H,3H2,1-2H3,(H2,16,17,18,19). The molecule has 2 N–H and O–H groups in total. The average molecular weight is 281 g/mol. The second-order valence-electron chi connectivity index (χ2n) is 3.98. The van der Waals surface area contributed by atoms with Crippen molar-refractivity contribution in [3.05, 3.63) is 40.9 Å². The summed E-state index contributed by atoms with van der Waals surface area (Å²) in [7, 11) is 0. The fourth-order valence-corrected chi connectivity index (χ4v) is 1.75. The van der Waals surface area contributed by atoms with Crippen molar-refractivity contribution in [1.82, 2.24) is 9.97 Å². The zero-order valence-electron chi connectivity index (χ0n) is 10.7. The van der Waals surface area contributed by atoms with Crippen LogP contribution in [0, 0.1) is 12.7 Å². The highest BCUT2D eigenvalue weighted by molar-refractivity contribution is 6.30. The Bertz CT molecular complexity index is 589. The van der Waals surface area contributed by atoms with Gasteiger partial charge >= 0.3 is 0 Å². The lowest BCUT2D eigenvalue weighted by Crippen LogP contribution is -2.05. The number of hydrogen-bond donors (Lipinski definition) is 2. The van der Waals surface area contributed by atoms with Gasteiger partial charge in [-0.25, -0.2) is 14.4 Å². The third kappa shape index (κ3) is 3.12. The van der Waals surface area contributed by atoms with E-state index in [1.54, 1.807) is 6.07 Å². The molecule has 1 heterocycles. The van der Waals surface area contributed by atoms with Gasteiger partial charge in [-0.1, -0.05) is 11.6 Å². The molecular weight excluding hydrogens is 267 g/mol. The monoisotopic (exact) mass is 280 g/mol. The van der Waals surface area contributed by atoms with Gasteiger partial charge < -0.3 is 10.6 Å². The maximum absolute atomic E-state index is 13.4. The number of aromatic nitrogens is 2. The maximum atomic E-state index is 13.4. The van der Waals surface area contributed by atoms with Gasteiger partial charge in [0.1, 0.15) is 23.8 Å². The summed E-state index contributed by atoms with van der Waals surface area (Å²) >= 11 is 5.64. The summed E-state index contributed by atoms with van der Waals surface area (Å²) < 4.78 is 13.4. The van der Waals surface area contributed by atoms with Gasteiger partial charge in [0.25, 0.3) is 0 Å². The van der Waals surface area contributed by atoms with Crippen LogP contribution in [0.3, 0.4) is 0 Å². The molecule has 2 rings (SSSR count). The van der Waals surface area contributed by atoms with Gasteiger partial charge in [-0.2, -0.15) is 0 Å². The molecule has 100 valence electrons. The lowest BCUT2D eigenvalue weighted by atomic mass is 10.2. The number of benzene rings is 1. The first kappa shape index (κ1) is 13.5. The Balaban J connectivity index is 2.27. The number of anilines is 3. The predicted molar refractivity (Wildman–Crippen MR) is 75.6 cm³/mol. The first-order valence-electron chi connectivity index (χ1n) is 5.89. The van der Waals surface area contributed by atoms with E-state index in [9.17, 15) is 4.39 Å². The molecule has 4 nitrogen and oxygen atoms in total. The van der Waals surface area contributed by atoms with Crippen molar-refractivity contribution in [1.29, 1.82) is 0 Å². The minimum Gasteiger partial charge on any atom is -0.370 e. The van der Waals surface area contributed by atoms with Crippen molar-refractivity contribution >= 4 is 28.9 Å². The fraction of sp³-hybridized carbons (Fsp3) is 0.231. The number of halogens is 2. The highest BCUT2D eigenvalue weighted by Crippen LogP contribution is 2.24. The zero-order valence-corrected chi connectivity index (χ0v) is 11.4. The molecule has 6 heteroatoms. The molecule has 0 radical (unpaired) electrons. The normalized spacial score (nSPS) is 10.3. The summed E-state index contributed by atoms with van der Waals surface area (Å²) in [6.45, 7) is 4.66. The van der Waals surface area contributed by atoms with Crippen molar-refractivity contribution in [2.75, 3.05) is 17.2 Å². The Morgan fingerprint density at radius 3 is 2.68 bits per heavy atom. The predicted octanol–water partition coefficient (Wildman–Crippen LogP) is 3.75. The van der Waals surface area contributed by atoms with Crippen LogP contribution in [0.5, 0.6) is 0 Å². The van der Waals surface area contributed by atoms with E-state index >= 15 is 0 Å². The molecule has 0 aliphatic carbocycles. The lowest BCUT2D eigenvalue weighted by molar-refractivity contribution is 0.629. The molecule has 1 aromatic heterocycles. The summed E-state index contributed by atoms with van der Waals surface area (Å²) in [5.41, 5.74) is 1.46. The van der Waals surface area contributed by atoms with Gasteiger partial charge in [0, 0.05) is 17.8 Å². The van der Waals surface area contributed by atoms with Gasteiger partial charge in [0.05, 0.1) is 5.02 Å². The summed E-state index contributed by atoms with van der Waals surface area (Å²) in [6.07, 6.45) is 1.46. The van der Waals surface area contributed by atoms with Gasteiger partial charge in [-0.15, -0.1) is 0 Å². The van der Waals surface area contributed by atoms with E-state index in [1.165, 1.54) is 18.5 Å². The Labute approximate surface area is 116 Å². The molecule has 19 heavy (non-hydrogen) atoms. The topological polar surface area (TPSA) is 49.8 Å². The van der Waals surface area contributed by atoms with E-state index in [0.717, 1.165) is 17.9 Å². The van der Waals surface area contributed by atoms with Gasteiger partial charge in [0.2, 0.25) is 0 Å². The molecular formula is C13H14ClFN4. The van der Waals surface area contributed by atoms with Crippen LogP contribution in [0.1, 0.15) is 12.5 Å².